The van der Waals surface area contributed by atoms with Crippen LogP contribution in [0, 0.1) is 0 Å². The van der Waals surface area contributed by atoms with Crippen molar-refractivity contribution in [3.8, 4) is 0 Å². The molecule has 2 saturated heterocycles. The molecule has 0 N–H and O–H groups in total. The maximum absolute atomic E-state index is 2.49. The minimum Gasteiger partial charge on any atom is -0.304 e. The van der Waals surface area contributed by atoms with Gasteiger partial charge in [-0.05, 0) is 53.4 Å². The molecule has 3 nitrogen and oxygen atoms in total. The summed E-state index contributed by atoms with van der Waals surface area (Å²) < 4.78 is 0. The van der Waals surface area contributed by atoms with Crippen LogP contribution < -0.4 is 0 Å². The summed E-state index contributed by atoms with van der Waals surface area (Å²) in [6.07, 6.45) is 6.89. The molecule has 0 bridgehead atoms. The van der Waals surface area contributed by atoms with E-state index in [1.54, 1.807) is 0 Å². The first-order valence-corrected chi connectivity index (χ1v) is 10.2. The van der Waals surface area contributed by atoms with Gasteiger partial charge in [0, 0.05) is 31.7 Å². The Morgan fingerprint density at radius 3 is 1.61 bits per heavy atom. The summed E-state index contributed by atoms with van der Waals surface area (Å²) in [6.45, 7) is 17.6. The first-order chi connectivity index (χ1) is 11.1. The van der Waals surface area contributed by atoms with Crippen molar-refractivity contribution >= 4 is 0 Å². The lowest BCUT2D eigenvalue weighted by molar-refractivity contribution is 0.112. The number of nitrogens with zero attached hydrogens (tertiary/aromatic N) is 3. The van der Waals surface area contributed by atoms with Crippen LogP contribution in [0.1, 0.15) is 73.6 Å². The third kappa shape index (κ3) is 11.1. The van der Waals surface area contributed by atoms with Crippen molar-refractivity contribution in [1.82, 2.24) is 14.7 Å². The van der Waals surface area contributed by atoms with Crippen LogP contribution in [-0.4, -0.2) is 74.1 Å². The molecule has 0 spiro atoms. The highest BCUT2D eigenvalue weighted by molar-refractivity contribution is 4.76. The molecule has 23 heavy (non-hydrogen) atoms. The van der Waals surface area contributed by atoms with Crippen LogP contribution in [-0.2, 0) is 0 Å². The van der Waals surface area contributed by atoms with Crippen LogP contribution >= 0.6 is 0 Å². The number of likely N-dealkylation sites (N-methyl/N-ethyl adjacent to an activating group) is 2. The molecule has 2 heterocycles. The van der Waals surface area contributed by atoms with Gasteiger partial charge in [0.2, 0.25) is 0 Å². The van der Waals surface area contributed by atoms with Crippen LogP contribution in [0.3, 0.4) is 0 Å². The molecule has 3 heteroatoms. The normalized spacial score (nSPS) is 26.0. The van der Waals surface area contributed by atoms with Gasteiger partial charge in [0.1, 0.15) is 0 Å². The van der Waals surface area contributed by atoms with Crippen molar-refractivity contribution in [2.24, 2.45) is 0 Å². The molecule has 142 valence electrons. The fraction of sp³-hybridized carbons (Fsp3) is 1.00. The maximum atomic E-state index is 2.49. The van der Waals surface area contributed by atoms with Gasteiger partial charge in [-0.3, -0.25) is 0 Å². The van der Waals surface area contributed by atoms with E-state index in [0.717, 1.165) is 12.1 Å². The number of likely N-dealkylation sites (tertiary alicyclic amines) is 1. The van der Waals surface area contributed by atoms with Gasteiger partial charge in [-0.15, -0.1) is 0 Å². The van der Waals surface area contributed by atoms with Crippen LogP contribution in [0.2, 0.25) is 0 Å². The third-order valence-electron chi connectivity index (χ3n) is 4.84. The zero-order valence-corrected chi connectivity index (χ0v) is 17.9. The number of rotatable bonds is 2. The fourth-order valence-electron chi connectivity index (χ4n) is 3.20. The lowest BCUT2D eigenvalue weighted by Crippen LogP contribution is -2.49. The van der Waals surface area contributed by atoms with Gasteiger partial charge in [-0.25, -0.2) is 0 Å². The molecule has 0 aromatic heterocycles. The van der Waals surface area contributed by atoms with Gasteiger partial charge in [0.25, 0.3) is 0 Å². The van der Waals surface area contributed by atoms with Crippen molar-refractivity contribution < 1.29 is 0 Å². The highest BCUT2D eigenvalue weighted by Gasteiger charge is 2.19. The lowest BCUT2D eigenvalue weighted by atomic mass is 10.0. The van der Waals surface area contributed by atoms with E-state index >= 15 is 0 Å². The topological polar surface area (TPSA) is 9.72 Å². The van der Waals surface area contributed by atoms with E-state index in [1.165, 1.54) is 58.3 Å². The minimum absolute atomic E-state index is 0.791. The Morgan fingerprint density at radius 1 is 0.696 bits per heavy atom. The van der Waals surface area contributed by atoms with Crippen LogP contribution in [0.4, 0.5) is 0 Å². The Kier molecular flexibility index (Phi) is 18.3. The molecule has 2 atom stereocenters. The summed E-state index contributed by atoms with van der Waals surface area (Å²) in [7, 11) is 6.67. The number of piperidine rings is 1. The summed E-state index contributed by atoms with van der Waals surface area (Å²) in [5.41, 5.74) is 0. The number of hydrogen-bond donors (Lipinski definition) is 0. The minimum atomic E-state index is 0.791. The standard InChI is InChI=1S/C8H18N2.C8H17N.2C2H6/c1-4-8-7-9(2)5-6-10(8)3;1-3-8-6-4-5-7-9(8)2;2*1-2/h8H,4-7H2,1-3H3;8H,3-7H2,1-2H3;2*1-2H3. The molecule has 0 aromatic rings. The molecule has 2 unspecified atom stereocenters. The highest BCUT2D eigenvalue weighted by atomic mass is 15.3. The average molecular weight is 330 g/mol. The second-order valence-corrected chi connectivity index (χ2v) is 6.34. The SMILES string of the molecule is CC.CC.CCC1CCCCN1C.CCC1CN(C)CCN1C. The summed E-state index contributed by atoms with van der Waals surface area (Å²) in [5.74, 6) is 0. The van der Waals surface area contributed by atoms with E-state index in [-0.39, 0.29) is 0 Å². The molecular formula is C20H47N3. The largest absolute Gasteiger partial charge is 0.304 e. The molecule has 2 aliphatic rings. The summed E-state index contributed by atoms with van der Waals surface area (Å²) in [4.78, 5) is 7.36. The van der Waals surface area contributed by atoms with Crippen LogP contribution in [0.5, 0.6) is 0 Å². The molecule has 2 aliphatic heterocycles. The Hall–Kier alpha value is -0.120. The van der Waals surface area contributed by atoms with Crippen molar-refractivity contribution in [3.63, 3.8) is 0 Å². The predicted octanol–water partition coefficient (Wildman–Crippen LogP) is 4.58. The zero-order valence-electron chi connectivity index (χ0n) is 17.9. The van der Waals surface area contributed by atoms with Crippen molar-refractivity contribution in [3.05, 3.63) is 0 Å². The van der Waals surface area contributed by atoms with Gasteiger partial charge < -0.3 is 14.7 Å². The van der Waals surface area contributed by atoms with Crippen molar-refractivity contribution in [1.29, 1.82) is 0 Å². The average Bonchev–Trinajstić information content (AvgIpc) is 2.61. The van der Waals surface area contributed by atoms with Gasteiger partial charge in [0.15, 0.2) is 0 Å². The molecule has 2 rings (SSSR count). The van der Waals surface area contributed by atoms with Gasteiger partial charge in [0.05, 0.1) is 0 Å². The lowest BCUT2D eigenvalue weighted by Gasteiger charge is -2.37. The molecule has 0 radical (unpaired) electrons. The van der Waals surface area contributed by atoms with Crippen molar-refractivity contribution in [2.75, 3.05) is 47.3 Å². The molecular weight excluding hydrogens is 282 g/mol. The van der Waals surface area contributed by atoms with Crippen LogP contribution in [0.15, 0.2) is 0 Å². The number of piperazine rings is 1. The van der Waals surface area contributed by atoms with E-state index in [9.17, 15) is 0 Å². The van der Waals surface area contributed by atoms with Gasteiger partial charge in [-0.2, -0.15) is 0 Å². The van der Waals surface area contributed by atoms with E-state index in [1.807, 2.05) is 27.7 Å². The van der Waals surface area contributed by atoms with Crippen LogP contribution in [0.25, 0.3) is 0 Å². The van der Waals surface area contributed by atoms with E-state index < -0.39 is 0 Å². The second-order valence-electron chi connectivity index (χ2n) is 6.34. The second kappa shape index (κ2) is 16.7. The summed E-state index contributed by atoms with van der Waals surface area (Å²) in [5, 5.41) is 0. The Labute approximate surface area is 148 Å². The maximum Gasteiger partial charge on any atom is 0.0217 e. The highest BCUT2D eigenvalue weighted by Crippen LogP contribution is 2.16. The monoisotopic (exact) mass is 329 g/mol. The van der Waals surface area contributed by atoms with Crippen molar-refractivity contribution in [2.45, 2.75) is 85.7 Å². The van der Waals surface area contributed by atoms with Gasteiger partial charge >= 0.3 is 0 Å². The molecule has 0 saturated carbocycles. The van der Waals surface area contributed by atoms with E-state index in [4.69, 9.17) is 0 Å². The Balaban J connectivity index is 0. The van der Waals surface area contributed by atoms with E-state index in [0.29, 0.717) is 0 Å². The molecule has 0 aliphatic carbocycles. The first-order valence-electron chi connectivity index (χ1n) is 10.2. The summed E-state index contributed by atoms with van der Waals surface area (Å²) in [6, 6.07) is 1.68. The molecule has 2 fully saturated rings. The molecule has 0 aromatic carbocycles. The Morgan fingerprint density at radius 2 is 1.22 bits per heavy atom. The Bertz CT molecular complexity index is 233. The smallest absolute Gasteiger partial charge is 0.0217 e. The van der Waals surface area contributed by atoms with Gasteiger partial charge in [-0.1, -0.05) is 48.0 Å². The fourth-order valence-corrected chi connectivity index (χ4v) is 3.20. The quantitative estimate of drug-likeness (QED) is 0.734. The third-order valence-corrected chi connectivity index (χ3v) is 4.84. The number of hydrogen-bond acceptors (Lipinski definition) is 3. The summed E-state index contributed by atoms with van der Waals surface area (Å²) >= 11 is 0. The first kappa shape index (κ1) is 25.1. The van der Waals surface area contributed by atoms with E-state index in [2.05, 4.69) is 49.7 Å². The zero-order chi connectivity index (χ0) is 18.3. The molecule has 0 amide bonds. The predicted molar refractivity (Wildman–Crippen MR) is 107 cm³/mol.